The Hall–Kier alpha value is -1.93. The van der Waals surface area contributed by atoms with Gasteiger partial charge in [0, 0.05) is 31.7 Å². The van der Waals surface area contributed by atoms with Crippen LogP contribution in [0.3, 0.4) is 0 Å². The Morgan fingerprint density at radius 2 is 1.73 bits per heavy atom. The van der Waals surface area contributed by atoms with Crippen LogP contribution < -0.4 is 4.90 Å². The Balaban J connectivity index is 0.00000256. The zero-order valence-corrected chi connectivity index (χ0v) is 19.3. The second-order valence-corrected chi connectivity index (χ2v) is 8.69. The van der Waals surface area contributed by atoms with E-state index in [0.29, 0.717) is 16.7 Å². The molecule has 0 aliphatic carbocycles. The van der Waals surface area contributed by atoms with Crippen LogP contribution in [-0.4, -0.2) is 69.4 Å². The van der Waals surface area contributed by atoms with Crippen molar-refractivity contribution >= 4 is 41.0 Å². The number of piperazine rings is 1. The van der Waals surface area contributed by atoms with Crippen LogP contribution in [0.5, 0.6) is 0 Å². The number of nitrogens with zero attached hydrogens (tertiary/aromatic N) is 6. The highest BCUT2D eigenvalue weighted by molar-refractivity contribution is 6.33. The van der Waals surface area contributed by atoms with Crippen molar-refractivity contribution in [2.24, 2.45) is 0 Å². The molecule has 9 heteroatoms. The smallest absolute Gasteiger partial charge is 0.166 e. The van der Waals surface area contributed by atoms with E-state index >= 15 is 0 Å². The number of halogens is 2. The number of aliphatic hydroxyl groups excluding tert-OH is 1. The molecule has 7 nitrogen and oxygen atoms in total. The summed E-state index contributed by atoms with van der Waals surface area (Å²) in [5.41, 5.74) is 1.68. The van der Waals surface area contributed by atoms with Crippen molar-refractivity contribution in [2.75, 3.05) is 44.7 Å². The lowest BCUT2D eigenvalue weighted by atomic mass is 10.1. The van der Waals surface area contributed by atoms with Gasteiger partial charge in [-0.1, -0.05) is 23.7 Å². The van der Waals surface area contributed by atoms with Gasteiger partial charge in [-0.2, -0.15) is 0 Å². The minimum Gasteiger partial charge on any atom is -0.394 e. The summed E-state index contributed by atoms with van der Waals surface area (Å²) in [6.45, 7) is 9.53. The van der Waals surface area contributed by atoms with Crippen LogP contribution in [0.15, 0.2) is 24.3 Å². The second kappa shape index (κ2) is 8.67. The van der Waals surface area contributed by atoms with Crippen molar-refractivity contribution in [1.29, 1.82) is 0 Å². The van der Waals surface area contributed by atoms with Gasteiger partial charge in [0.15, 0.2) is 17.0 Å². The first-order valence-electron chi connectivity index (χ1n) is 9.88. The summed E-state index contributed by atoms with van der Waals surface area (Å²) in [6, 6.07) is 7.64. The summed E-state index contributed by atoms with van der Waals surface area (Å²) >= 11 is 6.52. The van der Waals surface area contributed by atoms with Crippen molar-refractivity contribution in [3.8, 4) is 11.4 Å². The molecule has 1 aliphatic heterocycles. The van der Waals surface area contributed by atoms with E-state index in [0.717, 1.165) is 48.7 Å². The number of aliphatic hydroxyl groups is 1. The molecular weight excluding hydrogens is 423 g/mol. The molecule has 0 saturated carbocycles. The molecule has 2 aromatic heterocycles. The molecule has 0 radical (unpaired) electrons. The zero-order chi connectivity index (χ0) is 20.8. The molecule has 4 rings (SSSR count). The van der Waals surface area contributed by atoms with Crippen LogP contribution in [0.25, 0.3) is 22.6 Å². The number of hydrogen-bond acceptors (Lipinski definition) is 6. The summed E-state index contributed by atoms with van der Waals surface area (Å²) in [4.78, 5) is 19.1. The van der Waals surface area contributed by atoms with Gasteiger partial charge in [-0.25, -0.2) is 15.0 Å². The number of benzene rings is 1. The van der Waals surface area contributed by atoms with Crippen molar-refractivity contribution in [1.82, 2.24) is 24.4 Å². The topological polar surface area (TPSA) is 70.3 Å². The lowest BCUT2D eigenvalue weighted by Crippen LogP contribution is -2.45. The molecule has 0 spiro atoms. The Bertz CT molecular complexity index is 1040. The van der Waals surface area contributed by atoms with Gasteiger partial charge in [0.25, 0.3) is 0 Å². The highest BCUT2D eigenvalue weighted by atomic mass is 35.5. The minimum absolute atomic E-state index is 0. The molecule has 0 bridgehead atoms. The second-order valence-electron chi connectivity index (χ2n) is 8.28. The molecule has 3 heterocycles. The first kappa shape index (κ1) is 22.7. The van der Waals surface area contributed by atoms with Crippen LogP contribution in [0.4, 0.5) is 5.82 Å². The van der Waals surface area contributed by atoms with Gasteiger partial charge in [-0.05, 0) is 40.0 Å². The molecule has 1 saturated heterocycles. The van der Waals surface area contributed by atoms with Crippen LogP contribution >= 0.6 is 24.0 Å². The van der Waals surface area contributed by atoms with Crippen LogP contribution in [0, 0.1) is 6.92 Å². The molecule has 0 unspecified atom stereocenters. The summed E-state index contributed by atoms with van der Waals surface area (Å²) in [7, 11) is 2.13. The average Bonchev–Trinajstić information content (AvgIpc) is 3.08. The molecule has 0 amide bonds. The fourth-order valence-electron chi connectivity index (χ4n) is 3.76. The van der Waals surface area contributed by atoms with E-state index in [1.165, 1.54) is 0 Å². The molecule has 1 aromatic carbocycles. The normalized spacial score (nSPS) is 15.5. The number of imidazole rings is 1. The van der Waals surface area contributed by atoms with E-state index in [2.05, 4.69) is 16.8 Å². The quantitative estimate of drug-likeness (QED) is 0.656. The van der Waals surface area contributed by atoms with Gasteiger partial charge in [0.05, 0.1) is 17.2 Å². The molecule has 1 aliphatic rings. The molecule has 0 atom stereocenters. The lowest BCUT2D eigenvalue weighted by Gasteiger charge is -2.33. The first-order valence-corrected chi connectivity index (χ1v) is 10.3. The molecule has 1 fully saturated rings. The Kier molecular flexibility index (Phi) is 6.57. The van der Waals surface area contributed by atoms with Gasteiger partial charge in [-0.15, -0.1) is 12.4 Å². The number of aromatic nitrogens is 4. The number of fused-ring (bicyclic) bond motifs is 1. The first-order chi connectivity index (χ1) is 13.8. The fraction of sp³-hybridized carbons (Fsp3) is 0.476. The van der Waals surface area contributed by atoms with Gasteiger partial charge in [0.2, 0.25) is 0 Å². The van der Waals surface area contributed by atoms with Gasteiger partial charge in [-0.3, -0.25) is 0 Å². The van der Waals surface area contributed by atoms with E-state index in [9.17, 15) is 5.11 Å². The van der Waals surface area contributed by atoms with Crippen molar-refractivity contribution in [3.05, 3.63) is 35.1 Å². The third-order valence-corrected chi connectivity index (χ3v) is 5.84. The van der Waals surface area contributed by atoms with E-state index in [4.69, 9.17) is 26.6 Å². The Labute approximate surface area is 188 Å². The highest BCUT2D eigenvalue weighted by Crippen LogP contribution is 2.36. The maximum absolute atomic E-state index is 10.1. The maximum atomic E-state index is 10.1. The highest BCUT2D eigenvalue weighted by Gasteiger charge is 2.30. The summed E-state index contributed by atoms with van der Waals surface area (Å²) in [5, 5.41) is 10.8. The monoisotopic (exact) mass is 450 g/mol. The lowest BCUT2D eigenvalue weighted by molar-refractivity contribution is 0.168. The van der Waals surface area contributed by atoms with Crippen LogP contribution in [-0.2, 0) is 5.54 Å². The molecule has 30 heavy (non-hydrogen) atoms. The zero-order valence-electron chi connectivity index (χ0n) is 17.8. The number of aryl methyl sites for hydroxylation is 1. The van der Waals surface area contributed by atoms with Crippen molar-refractivity contribution in [2.45, 2.75) is 26.3 Å². The van der Waals surface area contributed by atoms with Crippen LogP contribution in [0.1, 0.15) is 19.7 Å². The molecule has 3 aromatic rings. The number of likely N-dealkylation sites (N-methyl/N-ethyl adjacent to an activating group) is 1. The van der Waals surface area contributed by atoms with Crippen molar-refractivity contribution in [3.63, 3.8) is 0 Å². The van der Waals surface area contributed by atoms with E-state index < -0.39 is 5.54 Å². The molecule has 162 valence electrons. The summed E-state index contributed by atoms with van der Waals surface area (Å²) in [5.74, 6) is 2.23. The average molecular weight is 451 g/mol. The molecular formula is C21H28Cl2N6O. The van der Waals surface area contributed by atoms with Gasteiger partial charge < -0.3 is 19.5 Å². The Morgan fingerprint density at radius 1 is 1.07 bits per heavy atom. The summed E-state index contributed by atoms with van der Waals surface area (Å²) < 4.78 is 2.00. The predicted octanol–water partition coefficient (Wildman–Crippen LogP) is 3.36. The number of anilines is 1. The van der Waals surface area contributed by atoms with E-state index in [-0.39, 0.29) is 19.0 Å². The number of hydrogen-bond donors (Lipinski definition) is 1. The largest absolute Gasteiger partial charge is 0.394 e. The predicted molar refractivity (Wildman–Crippen MR) is 124 cm³/mol. The summed E-state index contributed by atoms with van der Waals surface area (Å²) in [6.07, 6.45) is 0. The third kappa shape index (κ3) is 3.99. The fourth-order valence-corrected chi connectivity index (χ4v) is 3.98. The van der Waals surface area contributed by atoms with Crippen LogP contribution in [0.2, 0.25) is 5.02 Å². The van der Waals surface area contributed by atoms with Crippen molar-refractivity contribution < 1.29 is 5.11 Å². The van der Waals surface area contributed by atoms with Gasteiger partial charge >= 0.3 is 0 Å². The number of rotatable bonds is 4. The maximum Gasteiger partial charge on any atom is 0.166 e. The van der Waals surface area contributed by atoms with E-state index in [1.807, 2.05) is 49.6 Å². The molecule has 1 N–H and O–H groups in total. The van der Waals surface area contributed by atoms with Gasteiger partial charge in [0.1, 0.15) is 11.6 Å². The SMILES string of the molecule is Cc1nc(N2CCN(C)CC2)c2nc(-c3ccccc3Cl)n(C(C)(C)CO)c2n1.Cl. The van der Waals surface area contributed by atoms with E-state index in [1.54, 1.807) is 0 Å². The third-order valence-electron chi connectivity index (χ3n) is 5.51. The standard InChI is InChI=1S/C21H27ClN6O.ClH/c1-14-23-19(27-11-9-26(4)10-12-27)17-20(24-14)28(21(2,3)13-29)18(25-17)15-7-5-6-8-16(15)22;/h5-8,29H,9-13H2,1-4H3;1H. The Morgan fingerprint density at radius 3 is 2.37 bits per heavy atom. The minimum atomic E-state index is -0.608.